The van der Waals surface area contributed by atoms with Gasteiger partial charge in [-0.05, 0) is 12.1 Å². The average Bonchev–Trinajstić information content (AvgIpc) is 2.34. The van der Waals surface area contributed by atoms with Crippen LogP contribution >= 0.6 is 0 Å². The highest BCUT2D eigenvalue weighted by molar-refractivity contribution is 5.95. The van der Waals surface area contributed by atoms with Crippen LogP contribution in [0.5, 0.6) is 5.75 Å². The van der Waals surface area contributed by atoms with Crippen LogP contribution < -0.4 is 10.5 Å². The predicted octanol–water partition coefficient (Wildman–Crippen LogP) is 0.893. The Labute approximate surface area is 98.8 Å². The van der Waals surface area contributed by atoms with Crippen molar-refractivity contribution in [2.24, 2.45) is 5.73 Å². The summed E-state index contributed by atoms with van der Waals surface area (Å²) in [6.45, 7) is 3.25. The molecule has 0 saturated carbocycles. The molecule has 0 spiro atoms. The van der Waals surface area contributed by atoms with Crippen LogP contribution in [0.4, 0.5) is 0 Å². The fourth-order valence-electron chi connectivity index (χ4n) is 1.13. The molecule has 17 heavy (non-hydrogen) atoms. The number of ether oxygens (including phenoxy) is 2. The minimum Gasteiger partial charge on any atom is -0.481 e. The smallest absolute Gasteiger partial charge is 0.344 e. The normalized spacial score (nSPS) is 9.41. The Balaban J connectivity index is 2.60. The summed E-state index contributed by atoms with van der Waals surface area (Å²) in [7, 11) is 0. The van der Waals surface area contributed by atoms with Crippen molar-refractivity contribution in [3.8, 4) is 5.75 Å². The maximum Gasteiger partial charge on any atom is 0.344 e. The zero-order valence-electron chi connectivity index (χ0n) is 9.22. The van der Waals surface area contributed by atoms with Crippen LogP contribution in [0.15, 0.2) is 36.9 Å². The lowest BCUT2D eigenvalue weighted by molar-refractivity contribution is -0.144. The van der Waals surface area contributed by atoms with Crippen molar-refractivity contribution in [2.75, 3.05) is 13.2 Å². The SMILES string of the molecule is C=CCOC(=O)COc1ccccc1C(N)=O. The number of benzene rings is 1. The quantitative estimate of drug-likeness (QED) is 0.586. The van der Waals surface area contributed by atoms with Gasteiger partial charge in [0.05, 0.1) is 5.56 Å². The summed E-state index contributed by atoms with van der Waals surface area (Å²) in [5.74, 6) is -0.889. The van der Waals surface area contributed by atoms with E-state index in [1.165, 1.54) is 12.1 Å². The summed E-state index contributed by atoms with van der Waals surface area (Å²) in [6.07, 6.45) is 1.45. The van der Waals surface area contributed by atoms with Crippen LogP contribution in [-0.4, -0.2) is 25.1 Å². The molecule has 0 atom stereocenters. The average molecular weight is 235 g/mol. The van der Waals surface area contributed by atoms with E-state index in [0.29, 0.717) is 0 Å². The summed E-state index contributed by atoms with van der Waals surface area (Å²) in [5.41, 5.74) is 5.38. The molecule has 0 radical (unpaired) electrons. The van der Waals surface area contributed by atoms with Crippen molar-refractivity contribution in [1.29, 1.82) is 0 Å². The molecule has 2 N–H and O–H groups in total. The number of amides is 1. The topological polar surface area (TPSA) is 78.6 Å². The van der Waals surface area contributed by atoms with Crippen molar-refractivity contribution in [1.82, 2.24) is 0 Å². The highest BCUT2D eigenvalue weighted by Crippen LogP contribution is 2.16. The van der Waals surface area contributed by atoms with E-state index in [1.54, 1.807) is 18.2 Å². The Bertz CT molecular complexity index is 428. The summed E-state index contributed by atoms with van der Waals surface area (Å²) >= 11 is 0. The van der Waals surface area contributed by atoms with E-state index in [4.69, 9.17) is 15.2 Å². The largest absolute Gasteiger partial charge is 0.481 e. The Morgan fingerprint density at radius 2 is 2.06 bits per heavy atom. The number of hydrogen-bond donors (Lipinski definition) is 1. The van der Waals surface area contributed by atoms with Gasteiger partial charge in [0.1, 0.15) is 12.4 Å². The fourth-order valence-corrected chi connectivity index (χ4v) is 1.13. The van der Waals surface area contributed by atoms with E-state index >= 15 is 0 Å². The van der Waals surface area contributed by atoms with Gasteiger partial charge < -0.3 is 15.2 Å². The van der Waals surface area contributed by atoms with Gasteiger partial charge in [0, 0.05) is 0 Å². The molecular weight excluding hydrogens is 222 g/mol. The molecule has 0 fully saturated rings. The molecule has 0 bridgehead atoms. The Hall–Kier alpha value is -2.30. The second-order valence-electron chi connectivity index (χ2n) is 3.12. The molecule has 1 rings (SSSR count). The Morgan fingerprint density at radius 1 is 1.35 bits per heavy atom. The number of carbonyl (C=O) groups excluding carboxylic acids is 2. The highest BCUT2D eigenvalue weighted by Gasteiger charge is 2.10. The molecule has 1 aromatic carbocycles. The first-order chi connectivity index (χ1) is 8.15. The van der Waals surface area contributed by atoms with Gasteiger partial charge in [0.2, 0.25) is 0 Å². The third-order valence-electron chi connectivity index (χ3n) is 1.86. The number of nitrogens with two attached hydrogens (primary N) is 1. The van der Waals surface area contributed by atoms with Gasteiger partial charge in [-0.3, -0.25) is 4.79 Å². The molecule has 0 aliphatic carbocycles. The molecule has 1 amide bonds. The zero-order chi connectivity index (χ0) is 12.7. The van der Waals surface area contributed by atoms with E-state index in [-0.39, 0.29) is 24.5 Å². The van der Waals surface area contributed by atoms with Gasteiger partial charge in [-0.1, -0.05) is 24.8 Å². The van der Waals surface area contributed by atoms with Crippen LogP contribution in [0.1, 0.15) is 10.4 Å². The second-order valence-corrected chi connectivity index (χ2v) is 3.12. The zero-order valence-corrected chi connectivity index (χ0v) is 9.22. The number of rotatable bonds is 6. The summed E-state index contributed by atoms with van der Waals surface area (Å²) in [4.78, 5) is 22.2. The minimum absolute atomic E-state index is 0.125. The molecule has 0 aromatic heterocycles. The molecule has 0 unspecified atom stereocenters. The van der Waals surface area contributed by atoms with E-state index in [9.17, 15) is 9.59 Å². The van der Waals surface area contributed by atoms with Crippen molar-refractivity contribution in [2.45, 2.75) is 0 Å². The van der Waals surface area contributed by atoms with Crippen molar-refractivity contribution in [3.63, 3.8) is 0 Å². The van der Waals surface area contributed by atoms with Gasteiger partial charge in [-0.25, -0.2) is 4.79 Å². The van der Waals surface area contributed by atoms with Gasteiger partial charge in [-0.2, -0.15) is 0 Å². The number of esters is 1. The van der Waals surface area contributed by atoms with Crippen LogP contribution in [0.3, 0.4) is 0 Å². The lowest BCUT2D eigenvalue weighted by atomic mass is 10.2. The lowest BCUT2D eigenvalue weighted by Gasteiger charge is -2.08. The van der Waals surface area contributed by atoms with Crippen LogP contribution in [0.25, 0.3) is 0 Å². The van der Waals surface area contributed by atoms with Gasteiger partial charge in [0.15, 0.2) is 6.61 Å². The number of para-hydroxylation sites is 1. The van der Waals surface area contributed by atoms with E-state index < -0.39 is 11.9 Å². The first-order valence-corrected chi connectivity index (χ1v) is 4.93. The summed E-state index contributed by atoms with van der Waals surface area (Å²) in [6, 6.07) is 6.41. The maximum atomic E-state index is 11.1. The predicted molar refractivity (Wildman–Crippen MR) is 61.6 cm³/mol. The van der Waals surface area contributed by atoms with E-state index in [1.807, 2.05) is 0 Å². The molecule has 0 saturated heterocycles. The number of primary amides is 1. The summed E-state index contributed by atoms with van der Waals surface area (Å²) < 4.78 is 9.86. The van der Waals surface area contributed by atoms with E-state index in [0.717, 1.165) is 0 Å². The third kappa shape index (κ3) is 3.98. The van der Waals surface area contributed by atoms with Crippen molar-refractivity contribution in [3.05, 3.63) is 42.5 Å². The highest BCUT2D eigenvalue weighted by atomic mass is 16.6. The summed E-state index contributed by atoms with van der Waals surface area (Å²) in [5, 5.41) is 0. The molecule has 0 aliphatic heterocycles. The van der Waals surface area contributed by atoms with Crippen LogP contribution in [0, 0.1) is 0 Å². The molecule has 0 heterocycles. The third-order valence-corrected chi connectivity index (χ3v) is 1.86. The molecular formula is C12H13NO4. The Kier molecular flexibility index (Phi) is 4.75. The molecule has 5 heteroatoms. The standard InChI is InChI=1S/C12H13NO4/c1-2-7-16-11(14)8-17-10-6-4-3-5-9(10)12(13)15/h2-6H,1,7-8H2,(H2,13,15). The van der Waals surface area contributed by atoms with Gasteiger partial charge >= 0.3 is 5.97 Å². The van der Waals surface area contributed by atoms with Crippen LogP contribution in [-0.2, 0) is 9.53 Å². The minimum atomic E-state index is -0.611. The first kappa shape index (κ1) is 12.8. The van der Waals surface area contributed by atoms with Crippen molar-refractivity contribution < 1.29 is 19.1 Å². The lowest BCUT2D eigenvalue weighted by Crippen LogP contribution is -2.18. The number of hydrogen-bond acceptors (Lipinski definition) is 4. The fraction of sp³-hybridized carbons (Fsp3) is 0.167. The first-order valence-electron chi connectivity index (χ1n) is 4.93. The number of carbonyl (C=O) groups is 2. The molecule has 0 aliphatic rings. The van der Waals surface area contributed by atoms with Gasteiger partial charge in [-0.15, -0.1) is 0 Å². The maximum absolute atomic E-state index is 11.1. The molecule has 5 nitrogen and oxygen atoms in total. The van der Waals surface area contributed by atoms with Gasteiger partial charge in [0.25, 0.3) is 5.91 Å². The molecule has 1 aromatic rings. The Morgan fingerprint density at radius 3 is 2.71 bits per heavy atom. The van der Waals surface area contributed by atoms with E-state index in [2.05, 4.69) is 6.58 Å². The monoisotopic (exact) mass is 235 g/mol. The van der Waals surface area contributed by atoms with Crippen molar-refractivity contribution >= 4 is 11.9 Å². The second kappa shape index (κ2) is 6.32. The van der Waals surface area contributed by atoms with Crippen LogP contribution in [0.2, 0.25) is 0 Å². The molecule has 90 valence electrons.